The van der Waals surface area contributed by atoms with Crippen LogP contribution >= 0.6 is 0 Å². The topological polar surface area (TPSA) is 67.3 Å². The zero-order chi connectivity index (χ0) is 11.2. The predicted octanol–water partition coefficient (Wildman–Crippen LogP) is 0.807. The van der Waals surface area contributed by atoms with E-state index < -0.39 is 0 Å². The first-order valence-electron chi connectivity index (χ1n) is 5.63. The van der Waals surface area contributed by atoms with Crippen LogP contribution in [-0.2, 0) is 11.3 Å². The van der Waals surface area contributed by atoms with Crippen molar-refractivity contribution in [3.8, 4) is 0 Å². The average Bonchev–Trinajstić information content (AvgIpc) is 2.38. The summed E-state index contributed by atoms with van der Waals surface area (Å²) in [6, 6.07) is 1.82. The van der Waals surface area contributed by atoms with Crippen LogP contribution in [0.3, 0.4) is 0 Å². The minimum atomic E-state index is -0.118. The molecule has 88 valence electrons. The smallest absolute Gasteiger partial charge is 0.156 e. The number of anilines is 1. The van der Waals surface area contributed by atoms with Gasteiger partial charge in [0.15, 0.2) is 5.82 Å². The van der Waals surface area contributed by atoms with E-state index in [1.165, 1.54) is 0 Å². The van der Waals surface area contributed by atoms with Crippen molar-refractivity contribution in [2.45, 2.75) is 19.4 Å². The Hall–Kier alpha value is -1.20. The van der Waals surface area contributed by atoms with Crippen LogP contribution in [0.15, 0.2) is 12.3 Å². The second-order valence-electron chi connectivity index (χ2n) is 3.95. The summed E-state index contributed by atoms with van der Waals surface area (Å²) in [5, 5.41) is 12.2. The summed E-state index contributed by atoms with van der Waals surface area (Å²) >= 11 is 0. The average molecular weight is 223 g/mol. The summed E-state index contributed by atoms with van der Waals surface area (Å²) in [7, 11) is 0. The number of nitrogens with zero attached hydrogens (tertiary/aromatic N) is 2. The van der Waals surface area contributed by atoms with Crippen LogP contribution in [0.25, 0.3) is 0 Å². The van der Waals surface area contributed by atoms with Gasteiger partial charge >= 0.3 is 0 Å². The summed E-state index contributed by atoms with van der Waals surface area (Å²) in [5.41, 5.74) is 0. The Morgan fingerprint density at radius 2 is 2.25 bits per heavy atom. The Morgan fingerprint density at radius 3 is 3.00 bits per heavy atom. The van der Waals surface area contributed by atoms with Crippen LogP contribution in [0.2, 0.25) is 0 Å². The van der Waals surface area contributed by atoms with Gasteiger partial charge in [0.05, 0.1) is 0 Å². The normalized spacial score (nSPS) is 17.3. The number of aliphatic hydroxyl groups excluding tert-OH is 1. The molecule has 0 aromatic carbocycles. The molecular weight excluding hydrogens is 206 g/mol. The summed E-state index contributed by atoms with van der Waals surface area (Å²) < 4.78 is 5.30. The van der Waals surface area contributed by atoms with Crippen LogP contribution < -0.4 is 5.32 Å². The minimum absolute atomic E-state index is 0.118. The molecule has 1 aliphatic rings. The molecular formula is C11H17N3O2. The quantitative estimate of drug-likeness (QED) is 0.790. The number of hydrogen-bond donors (Lipinski definition) is 2. The third-order valence-electron chi connectivity index (χ3n) is 2.76. The number of hydrogen-bond acceptors (Lipinski definition) is 5. The van der Waals surface area contributed by atoms with Crippen molar-refractivity contribution in [2.75, 3.05) is 25.1 Å². The van der Waals surface area contributed by atoms with Crippen LogP contribution in [0.4, 0.5) is 5.82 Å². The molecule has 1 saturated heterocycles. The maximum absolute atomic E-state index is 8.91. The molecule has 2 N–H and O–H groups in total. The van der Waals surface area contributed by atoms with Gasteiger partial charge in [-0.25, -0.2) is 9.97 Å². The molecule has 0 atom stereocenters. The highest BCUT2D eigenvalue weighted by Gasteiger charge is 2.13. The molecule has 0 amide bonds. The van der Waals surface area contributed by atoms with Crippen molar-refractivity contribution in [3.05, 3.63) is 18.1 Å². The van der Waals surface area contributed by atoms with E-state index in [9.17, 15) is 0 Å². The Bertz CT molecular complexity index is 327. The molecule has 5 nitrogen and oxygen atoms in total. The molecule has 16 heavy (non-hydrogen) atoms. The lowest BCUT2D eigenvalue weighted by atomic mass is 10.0. The molecule has 0 radical (unpaired) electrons. The number of aliphatic hydroxyl groups is 1. The Kier molecular flexibility index (Phi) is 4.07. The molecule has 0 saturated carbocycles. The SMILES string of the molecule is OCc1nccc(NCC2CCOCC2)n1. The van der Waals surface area contributed by atoms with Crippen molar-refractivity contribution in [1.29, 1.82) is 0 Å². The van der Waals surface area contributed by atoms with Crippen molar-refractivity contribution in [3.63, 3.8) is 0 Å². The molecule has 1 aromatic heterocycles. The zero-order valence-corrected chi connectivity index (χ0v) is 9.22. The third kappa shape index (κ3) is 3.15. The Balaban J connectivity index is 1.83. The molecule has 0 aliphatic carbocycles. The monoisotopic (exact) mass is 223 g/mol. The predicted molar refractivity (Wildman–Crippen MR) is 60.0 cm³/mol. The Labute approximate surface area is 94.9 Å². The van der Waals surface area contributed by atoms with Crippen LogP contribution in [0.5, 0.6) is 0 Å². The lowest BCUT2D eigenvalue weighted by molar-refractivity contribution is 0.0699. The first-order valence-corrected chi connectivity index (χ1v) is 5.63. The summed E-state index contributed by atoms with van der Waals surface area (Å²) in [4.78, 5) is 8.10. The number of aromatic nitrogens is 2. The van der Waals surface area contributed by atoms with E-state index in [1.54, 1.807) is 6.20 Å². The molecule has 0 bridgehead atoms. The van der Waals surface area contributed by atoms with Gasteiger partial charge in [-0.2, -0.15) is 0 Å². The van der Waals surface area contributed by atoms with Gasteiger partial charge in [0, 0.05) is 26.0 Å². The molecule has 2 rings (SSSR count). The fourth-order valence-corrected chi connectivity index (χ4v) is 1.77. The van der Waals surface area contributed by atoms with E-state index in [0.717, 1.165) is 38.4 Å². The van der Waals surface area contributed by atoms with Crippen molar-refractivity contribution < 1.29 is 9.84 Å². The summed E-state index contributed by atoms with van der Waals surface area (Å²) in [6.07, 6.45) is 3.86. The lowest BCUT2D eigenvalue weighted by Crippen LogP contribution is -2.23. The largest absolute Gasteiger partial charge is 0.388 e. The fraction of sp³-hybridized carbons (Fsp3) is 0.636. The second kappa shape index (κ2) is 5.77. The van der Waals surface area contributed by atoms with Gasteiger partial charge in [-0.3, -0.25) is 0 Å². The highest BCUT2D eigenvalue weighted by molar-refractivity contribution is 5.32. The van der Waals surface area contributed by atoms with Gasteiger partial charge < -0.3 is 15.2 Å². The third-order valence-corrected chi connectivity index (χ3v) is 2.76. The van der Waals surface area contributed by atoms with Gasteiger partial charge in [0.1, 0.15) is 12.4 Å². The number of rotatable bonds is 4. The first-order chi connectivity index (χ1) is 7.88. The van der Waals surface area contributed by atoms with Crippen LogP contribution in [0, 0.1) is 5.92 Å². The Morgan fingerprint density at radius 1 is 1.44 bits per heavy atom. The molecule has 2 heterocycles. The van der Waals surface area contributed by atoms with E-state index in [4.69, 9.17) is 9.84 Å². The number of ether oxygens (including phenoxy) is 1. The fourth-order valence-electron chi connectivity index (χ4n) is 1.77. The molecule has 0 unspecified atom stereocenters. The highest BCUT2D eigenvalue weighted by atomic mass is 16.5. The van der Waals surface area contributed by atoms with Crippen LogP contribution in [-0.4, -0.2) is 34.8 Å². The standard InChI is InChI=1S/C11H17N3O2/c15-8-11-12-4-1-10(14-11)13-7-9-2-5-16-6-3-9/h1,4,9,15H,2-3,5-8H2,(H,12,13,14). The van der Waals surface area contributed by atoms with E-state index in [2.05, 4.69) is 15.3 Å². The van der Waals surface area contributed by atoms with Gasteiger partial charge in [-0.05, 0) is 24.8 Å². The van der Waals surface area contributed by atoms with Gasteiger partial charge in [-0.15, -0.1) is 0 Å². The van der Waals surface area contributed by atoms with Crippen molar-refractivity contribution in [1.82, 2.24) is 9.97 Å². The highest BCUT2D eigenvalue weighted by Crippen LogP contribution is 2.15. The lowest BCUT2D eigenvalue weighted by Gasteiger charge is -2.22. The van der Waals surface area contributed by atoms with Crippen molar-refractivity contribution >= 4 is 5.82 Å². The zero-order valence-electron chi connectivity index (χ0n) is 9.22. The van der Waals surface area contributed by atoms with E-state index in [-0.39, 0.29) is 6.61 Å². The summed E-state index contributed by atoms with van der Waals surface area (Å²) in [6.45, 7) is 2.51. The molecule has 1 aliphatic heterocycles. The number of nitrogens with one attached hydrogen (secondary N) is 1. The second-order valence-corrected chi connectivity index (χ2v) is 3.95. The van der Waals surface area contributed by atoms with Gasteiger partial charge in [-0.1, -0.05) is 0 Å². The van der Waals surface area contributed by atoms with Gasteiger partial charge in [0.25, 0.3) is 0 Å². The molecule has 1 aromatic rings. The van der Waals surface area contributed by atoms with Crippen LogP contribution in [0.1, 0.15) is 18.7 Å². The molecule has 5 heteroatoms. The first kappa shape index (κ1) is 11.3. The molecule has 1 fully saturated rings. The van der Waals surface area contributed by atoms with E-state index in [1.807, 2.05) is 6.07 Å². The van der Waals surface area contributed by atoms with E-state index in [0.29, 0.717) is 11.7 Å². The van der Waals surface area contributed by atoms with Gasteiger partial charge in [0.2, 0.25) is 0 Å². The van der Waals surface area contributed by atoms with Crippen molar-refractivity contribution in [2.24, 2.45) is 5.92 Å². The maximum atomic E-state index is 8.91. The maximum Gasteiger partial charge on any atom is 0.156 e. The molecule has 0 spiro atoms. The van der Waals surface area contributed by atoms with E-state index >= 15 is 0 Å². The summed E-state index contributed by atoms with van der Waals surface area (Å²) in [5.74, 6) is 1.89. The minimum Gasteiger partial charge on any atom is -0.388 e.